The van der Waals surface area contributed by atoms with E-state index in [4.69, 9.17) is 4.74 Å². The Morgan fingerprint density at radius 1 is 1.22 bits per heavy atom. The van der Waals surface area contributed by atoms with Crippen molar-refractivity contribution in [1.29, 1.82) is 0 Å². The van der Waals surface area contributed by atoms with Gasteiger partial charge < -0.3 is 10.1 Å². The molecule has 0 heterocycles. The number of carbonyl (C=O) groups excluding carboxylic acids is 2. The highest BCUT2D eigenvalue weighted by Gasteiger charge is 2.17. The van der Waals surface area contributed by atoms with Crippen LogP contribution in [0.15, 0.2) is 24.3 Å². The van der Waals surface area contributed by atoms with Crippen LogP contribution in [0.3, 0.4) is 0 Å². The van der Waals surface area contributed by atoms with Crippen molar-refractivity contribution in [2.45, 2.75) is 33.2 Å². The highest BCUT2D eigenvalue weighted by atomic mass is 16.5. The SMILES string of the molecule is CCCOC(=O)c1ccccc1C(=O)NC(C)C. The Labute approximate surface area is 107 Å². The number of carbonyl (C=O) groups is 2. The maximum Gasteiger partial charge on any atom is 0.338 e. The first-order valence-corrected chi connectivity index (χ1v) is 6.13. The summed E-state index contributed by atoms with van der Waals surface area (Å²) in [6.07, 6.45) is 0.756. The number of ether oxygens (including phenoxy) is 1. The monoisotopic (exact) mass is 249 g/mol. The van der Waals surface area contributed by atoms with Crippen LogP contribution >= 0.6 is 0 Å². The van der Waals surface area contributed by atoms with Crippen LogP contribution < -0.4 is 5.32 Å². The van der Waals surface area contributed by atoms with E-state index in [-0.39, 0.29) is 11.9 Å². The summed E-state index contributed by atoms with van der Waals surface area (Å²) in [6, 6.07) is 6.70. The summed E-state index contributed by atoms with van der Waals surface area (Å²) in [5, 5.41) is 2.76. The van der Waals surface area contributed by atoms with Crippen LogP contribution in [-0.4, -0.2) is 24.5 Å². The Bertz CT molecular complexity index is 427. The molecule has 0 spiro atoms. The zero-order valence-corrected chi connectivity index (χ0v) is 11.0. The van der Waals surface area contributed by atoms with Gasteiger partial charge in [-0.05, 0) is 32.4 Å². The van der Waals surface area contributed by atoms with Crippen molar-refractivity contribution in [3.8, 4) is 0 Å². The zero-order chi connectivity index (χ0) is 13.5. The Morgan fingerprint density at radius 3 is 2.39 bits per heavy atom. The van der Waals surface area contributed by atoms with Crippen molar-refractivity contribution >= 4 is 11.9 Å². The molecule has 0 radical (unpaired) electrons. The molecule has 0 bridgehead atoms. The van der Waals surface area contributed by atoms with Gasteiger partial charge in [-0.3, -0.25) is 4.79 Å². The van der Waals surface area contributed by atoms with Crippen molar-refractivity contribution in [2.24, 2.45) is 0 Å². The molecule has 4 heteroatoms. The van der Waals surface area contributed by atoms with Crippen LogP contribution in [0.2, 0.25) is 0 Å². The molecule has 0 saturated heterocycles. The number of hydrogen-bond acceptors (Lipinski definition) is 3. The zero-order valence-electron chi connectivity index (χ0n) is 11.0. The predicted octanol–water partition coefficient (Wildman–Crippen LogP) is 2.39. The quantitative estimate of drug-likeness (QED) is 0.815. The fourth-order valence-corrected chi connectivity index (χ4v) is 1.47. The maximum absolute atomic E-state index is 11.9. The van der Waals surface area contributed by atoms with Crippen LogP contribution in [0.25, 0.3) is 0 Å². The second kappa shape index (κ2) is 6.79. The molecule has 1 amide bonds. The second-order valence-electron chi connectivity index (χ2n) is 4.31. The first-order valence-electron chi connectivity index (χ1n) is 6.13. The third-order valence-electron chi connectivity index (χ3n) is 2.25. The average Bonchev–Trinajstić information content (AvgIpc) is 2.35. The first-order chi connectivity index (χ1) is 8.56. The third-order valence-corrected chi connectivity index (χ3v) is 2.25. The molecule has 0 aromatic heterocycles. The molecule has 0 aliphatic heterocycles. The molecule has 0 unspecified atom stereocenters. The summed E-state index contributed by atoms with van der Waals surface area (Å²) in [5.41, 5.74) is 0.663. The van der Waals surface area contributed by atoms with Gasteiger partial charge in [0.15, 0.2) is 0 Å². The summed E-state index contributed by atoms with van der Waals surface area (Å²) in [5.74, 6) is -0.708. The summed E-state index contributed by atoms with van der Waals surface area (Å²) in [4.78, 5) is 23.7. The van der Waals surface area contributed by atoms with E-state index in [1.54, 1.807) is 24.3 Å². The molecule has 1 aromatic rings. The van der Waals surface area contributed by atoms with Gasteiger partial charge in [-0.1, -0.05) is 19.1 Å². The van der Waals surface area contributed by atoms with E-state index >= 15 is 0 Å². The standard InChI is InChI=1S/C14H19NO3/c1-4-9-18-14(17)12-8-6-5-7-11(12)13(16)15-10(2)3/h5-8,10H,4,9H2,1-3H3,(H,15,16). The van der Waals surface area contributed by atoms with E-state index in [0.29, 0.717) is 17.7 Å². The van der Waals surface area contributed by atoms with E-state index in [9.17, 15) is 9.59 Å². The fraction of sp³-hybridized carbons (Fsp3) is 0.429. The molecular formula is C14H19NO3. The normalized spacial score (nSPS) is 10.2. The lowest BCUT2D eigenvalue weighted by Gasteiger charge is -2.11. The van der Waals surface area contributed by atoms with Gasteiger partial charge in [0, 0.05) is 6.04 Å². The van der Waals surface area contributed by atoms with Gasteiger partial charge in [-0.15, -0.1) is 0 Å². The molecule has 18 heavy (non-hydrogen) atoms. The molecular weight excluding hydrogens is 230 g/mol. The van der Waals surface area contributed by atoms with Gasteiger partial charge in [0.25, 0.3) is 5.91 Å². The van der Waals surface area contributed by atoms with E-state index < -0.39 is 5.97 Å². The van der Waals surface area contributed by atoms with Crippen molar-refractivity contribution in [2.75, 3.05) is 6.61 Å². The van der Waals surface area contributed by atoms with E-state index in [0.717, 1.165) is 6.42 Å². The minimum atomic E-state index is -0.452. The van der Waals surface area contributed by atoms with E-state index in [1.165, 1.54) is 0 Å². The number of benzene rings is 1. The van der Waals surface area contributed by atoms with Gasteiger partial charge >= 0.3 is 5.97 Å². The van der Waals surface area contributed by atoms with Crippen LogP contribution in [0.4, 0.5) is 0 Å². The lowest BCUT2D eigenvalue weighted by Crippen LogP contribution is -2.31. The molecule has 0 aliphatic rings. The van der Waals surface area contributed by atoms with Crippen LogP contribution in [-0.2, 0) is 4.74 Å². The number of nitrogens with one attached hydrogen (secondary N) is 1. The number of esters is 1. The lowest BCUT2D eigenvalue weighted by atomic mass is 10.1. The Morgan fingerprint density at radius 2 is 1.83 bits per heavy atom. The van der Waals surface area contributed by atoms with Gasteiger partial charge in [0.05, 0.1) is 17.7 Å². The second-order valence-corrected chi connectivity index (χ2v) is 4.31. The molecule has 1 N–H and O–H groups in total. The number of rotatable bonds is 5. The largest absolute Gasteiger partial charge is 0.462 e. The van der Waals surface area contributed by atoms with Gasteiger partial charge in [0.1, 0.15) is 0 Å². The minimum Gasteiger partial charge on any atom is -0.462 e. The molecule has 1 aromatic carbocycles. The molecule has 0 aliphatic carbocycles. The minimum absolute atomic E-state index is 0.0252. The average molecular weight is 249 g/mol. The topological polar surface area (TPSA) is 55.4 Å². The van der Waals surface area contributed by atoms with Crippen LogP contribution in [0, 0.1) is 0 Å². The number of hydrogen-bond donors (Lipinski definition) is 1. The van der Waals surface area contributed by atoms with Gasteiger partial charge in [0.2, 0.25) is 0 Å². The summed E-state index contributed by atoms with van der Waals surface area (Å²) in [6.45, 7) is 6.02. The van der Waals surface area contributed by atoms with Gasteiger partial charge in [-0.2, -0.15) is 0 Å². The highest BCUT2D eigenvalue weighted by molar-refractivity contribution is 6.05. The Hall–Kier alpha value is -1.84. The summed E-state index contributed by atoms with van der Waals surface area (Å²) < 4.78 is 5.05. The molecule has 4 nitrogen and oxygen atoms in total. The van der Waals surface area contributed by atoms with Crippen molar-refractivity contribution in [1.82, 2.24) is 5.32 Å². The molecule has 1 rings (SSSR count). The Kier molecular flexibility index (Phi) is 5.36. The summed E-state index contributed by atoms with van der Waals surface area (Å²) >= 11 is 0. The Balaban J connectivity index is 2.92. The highest BCUT2D eigenvalue weighted by Crippen LogP contribution is 2.11. The van der Waals surface area contributed by atoms with Gasteiger partial charge in [-0.25, -0.2) is 4.79 Å². The molecule has 98 valence electrons. The predicted molar refractivity (Wildman–Crippen MR) is 69.6 cm³/mol. The first kappa shape index (κ1) is 14.2. The molecule has 0 fully saturated rings. The van der Waals surface area contributed by atoms with E-state index in [1.807, 2.05) is 20.8 Å². The molecule has 0 atom stereocenters. The lowest BCUT2D eigenvalue weighted by molar-refractivity contribution is 0.0501. The van der Waals surface area contributed by atoms with Crippen molar-refractivity contribution in [3.05, 3.63) is 35.4 Å². The van der Waals surface area contributed by atoms with Crippen LogP contribution in [0.1, 0.15) is 47.9 Å². The van der Waals surface area contributed by atoms with E-state index in [2.05, 4.69) is 5.32 Å². The maximum atomic E-state index is 11.9. The van der Waals surface area contributed by atoms with Crippen molar-refractivity contribution in [3.63, 3.8) is 0 Å². The third kappa shape index (κ3) is 3.87. The number of amides is 1. The van der Waals surface area contributed by atoms with Crippen molar-refractivity contribution < 1.29 is 14.3 Å². The van der Waals surface area contributed by atoms with Crippen LogP contribution in [0.5, 0.6) is 0 Å². The summed E-state index contributed by atoms with van der Waals surface area (Å²) in [7, 11) is 0. The smallest absolute Gasteiger partial charge is 0.338 e. The molecule has 0 saturated carbocycles. The fourth-order valence-electron chi connectivity index (χ4n) is 1.47.